The molecule has 2 nitrogen and oxygen atoms in total. The molecule has 2 rings (SSSR count). The molecule has 0 aliphatic heterocycles. The Hall–Kier alpha value is -1.54. The van der Waals surface area contributed by atoms with Crippen molar-refractivity contribution in [2.45, 2.75) is 19.3 Å². The Bertz CT molecular complexity index is 503. The van der Waals surface area contributed by atoms with Crippen molar-refractivity contribution in [2.75, 3.05) is 0 Å². The zero-order valence-electron chi connectivity index (χ0n) is 9.81. The summed E-state index contributed by atoms with van der Waals surface area (Å²) in [7, 11) is 0. The van der Waals surface area contributed by atoms with Gasteiger partial charge in [-0.2, -0.15) is 0 Å². The van der Waals surface area contributed by atoms with Crippen LogP contribution in [0.3, 0.4) is 0 Å². The lowest BCUT2D eigenvalue weighted by Gasteiger charge is -2.26. The molecule has 3 heteroatoms. The summed E-state index contributed by atoms with van der Waals surface area (Å²) in [5.41, 5.74) is 1.90. The lowest BCUT2D eigenvalue weighted by molar-refractivity contribution is 0.472. The monoisotopic (exact) mass is 247 g/mol. The van der Waals surface area contributed by atoms with Crippen LogP contribution in [0.1, 0.15) is 25.0 Å². The van der Waals surface area contributed by atoms with Gasteiger partial charge in [0.2, 0.25) is 0 Å². The number of phenols is 1. The van der Waals surface area contributed by atoms with Crippen molar-refractivity contribution in [2.24, 2.45) is 0 Å². The molecule has 1 aromatic heterocycles. The normalized spacial score (nSPS) is 11.5. The summed E-state index contributed by atoms with van der Waals surface area (Å²) in [6, 6.07) is 9.09. The molecule has 0 spiro atoms. The number of nitrogens with zero attached hydrogens (tertiary/aromatic N) is 1. The molecule has 0 saturated heterocycles. The summed E-state index contributed by atoms with van der Waals surface area (Å²) in [6.07, 6.45) is 3.53. The van der Waals surface area contributed by atoms with Gasteiger partial charge in [0.25, 0.3) is 0 Å². The smallest absolute Gasteiger partial charge is 0.117 e. The van der Waals surface area contributed by atoms with Gasteiger partial charge in [-0.15, -0.1) is 0 Å². The molecule has 0 saturated carbocycles. The first kappa shape index (κ1) is 11.9. The minimum absolute atomic E-state index is 0.189. The fraction of sp³-hybridized carbons (Fsp3) is 0.214. The average molecular weight is 248 g/mol. The summed E-state index contributed by atoms with van der Waals surface area (Å²) in [6.45, 7) is 4.18. The van der Waals surface area contributed by atoms with Gasteiger partial charge >= 0.3 is 0 Å². The average Bonchev–Trinajstić information content (AvgIpc) is 2.29. The number of aromatic hydroxyl groups is 1. The lowest BCUT2D eigenvalue weighted by atomic mass is 9.78. The highest BCUT2D eigenvalue weighted by molar-refractivity contribution is 6.30. The fourth-order valence-corrected chi connectivity index (χ4v) is 2.10. The van der Waals surface area contributed by atoms with Crippen LogP contribution in [0.4, 0.5) is 0 Å². The van der Waals surface area contributed by atoms with E-state index in [1.54, 1.807) is 18.5 Å². The molecule has 2 aromatic rings. The van der Waals surface area contributed by atoms with E-state index in [1.807, 2.05) is 18.2 Å². The molecular weight excluding hydrogens is 234 g/mol. The topological polar surface area (TPSA) is 33.1 Å². The molecule has 88 valence electrons. The van der Waals surface area contributed by atoms with Crippen LogP contribution in [-0.2, 0) is 5.41 Å². The Morgan fingerprint density at radius 3 is 2.29 bits per heavy atom. The van der Waals surface area contributed by atoms with Crippen molar-refractivity contribution in [3.8, 4) is 5.75 Å². The summed E-state index contributed by atoms with van der Waals surface area (Å²) in [5.74, 6) is 0.189. The van der Waals surface area contributed by atoms with Gasteiger partial charge in [0, 0.05) is 22.8 Å². The second kappa shape index (κ2) is 4.38. The molecule has 0 amide bonds. The third-order valence-electron chi connectivity index (χ3n) is 3.01. The molecule has 0 fully saturated rings. The number of benzene rings is 1. The third-order valence-corrected chi connectivity index (χ3v) is 3.22. The summed E-state index contributed by atoms with van der Waals surface area (Å²) in [4.78, 5) is 4.01. The van der Waals surface area contributed by atoms with E-state index in [0.717, 1.165) is 11.1 Å². The van der Waals surface area contributed by atoms with E-state index in [0.29, 0.717) is 5.02 Å². The summed E-state index contributed by atoms with van der Waals surface area (Å²) < 4.78 is 0. The van der Waals surface area contributed by atoms with E-state index in [2.05, 4.69) is 18.8 Å². The Balaban J connectivity index is 2.51. The van der Waals surface area contributed by atoms with Gasteiger partial charge in [0.05, 0.1) is 0 Å². The van der Waals surface area contributed by atoms with Crippen molar-refractivity contribution in [3.63, 3.8) is 0 Å². The molecule has 0 unspecified atom stereocenters. The van der Waals surface area contributed by atoms with Gasteiger partial charge in [-0.3, -0.25) is 4.98 Å². The third kappa shape index (κ3) is 2.42. The first-order chi connectivity index (χ1) is 8.00. The number of phenolic OH excluding ortho intramolecular Hbond substituents is 1. The van der Waals surface area contributed by atoms with Crippen molar-refractivity contribution in [1.29, 1.82) is 0 Å². The number of rotatable bonds is 2. The number of hydrogen-bond acceptors (Lipinski definition) is 2. The van der Waals surface area contributed by atoms with Crippen LogP contribution >= 0.6 is 11.6 Å². The van der Waals surface area contributed by atoms with E-state index in [4.69, 9.17) is 11.6 Å². The van der Waals surface area contributed by atoms with Crippen LogP contribution in [0.5, 0.6) is 5.75 Å². The minimum Gasteiger partial charge on any atom is -0.508 e. The summed E-state index contributed by atoms with van der Waals surface area (Å²) in [5, 5.41) is 10.2. The number of aromatic nitrogens is 1. The van der Waals surface area contributed by atoms with E-state index in [-0.39, 0.29) is 11.2 Å². The molecular formula is C14H14ClNO. The number of pyridine rings is 1. The maximum atomic E-state index is 9.61. The van der Waals surface area contributed by atoms with Crippen LogP contribution in [0.2, 0.25) is 5.02 Å². The Labute approximate surface area is 106 Å². The second-order valence-electron chi connectivity index (χ2n) is 4.56. The van der Waals surface area contributed by atoms with Gasteiger partial charge in [0.1, 0.15) is 5.75 Å². The minimum atomic E-state index is -0.217. The highest BCUT2D eigenvalue weighted by Crippen LogP contribution is 2.34. The molecule has 17 heavy (non-hydrogen) atoms. The predicted molar refractivity (Wildman–Crippen MR) is 69.5 cm³/mol. The van der Waals surface area contributed by atoms with Crippen LogP contribution in [0.15, 0.2) is 42.7 Å². The SMILES string of the molecule is CC(C)(c1ccncc1)c1cc(O)cc(Cl)c1. The van der Waals surface area contributed by atoms with Gasteiger partial charge in [-0.25, -0.2) is 0 Å². The Morgan fingerprint density at radius 2 is 1.71 bits per heavy atom. The van der Waals surface area contributed by atoms with Crippen molar-refractivity contribution in [3.05, 3.63) is 58.9 Å². The van der Waals surface area contributed by atoms with Gasteiger partial charge in [0.15, 0.2) is 0 Å². The summed E-state index contributed by atoms with van der Waals surface area (Å²) >= 11 is 5.97. The van der Waals surface area contributed by atoms with Crippen LogP contribution < -0.4 is 0 Å². The van der Waals surface area contributed by atoms with Gasteiger partial charge in [-0.05, 0) is 41.5 Å². The molecule has 0 radical (unpaired) electrons. The largest absolute Gasteiger partial charge is 0.508 e. The molecule has 1 heterocycles. The second-order valence-corrected chi connectivity index (χ2v) is 5.00. The van der Waals surface area contributed by atoms with E-state index < -0.39 is 0 Å². The molecule has 0 bridgehead atoms. The van der Waals surface area contributed by atoms with Crippen molar-refractivity contribution in [1.82, 2.24) is 4.98 Å². The maximum Gasteiger partial charge on any atom is 0.117 e. The van der Waals surface area contributed by atoms with E-state index in [1.165, 1.54) is 6.07 Å². The van der Waals surface area contributed by atoms with Crippen LogP contribution in [-0.4, -0.2) is 10.1 Å². The molecule has 1 N–H and O–H groups in total. The maximum absolute atomic E-state index is 9.61. The molecule has 0 aliphatic carbocycles. The number of halogens is 1. The fourth-order valence-electron chi connectivity index (χ4n) is 1.87. The lowest BCUT2D eigenvalue weighted by Crippen LogP contribution is -2.18. The van der Waals surface area contributed by atoms with Crippen molar-refractivity contribution >= 4 is 11.6 Å². The highest BCUT2D eigenvalue weighted by atomic mass is 35.5. The quantitative estimate of drug-likeness (QED) is 0.876. The van der Waals surface area contributed by atoms with Gasteiger partial charge < -0.3 is 5.11 Å². The van der Waals surface area contributed by atoms with Gasteiger partial charge in [-0.1, -0.05) is 25.4 Å². The number of hydrogen-bond donors (Lipinski definition) is 1. The molecule has 0 aliphatic rings. The highest BCUT2D eigenvalue weighted by Gasteiger charge is 2.23. The molecule has 0 atom stereocenters. The standard InChI is InChI=1S/C14H14ClNO/c1-14(2,10-3-5-16-6-4-10)11-7-12(15)9-13(17)8-11/h3-9,17H,1-2H3. The van der Waals surface area contributed by atoms with Crippen molar-refractivity contribution < 1.29 is 5.11 Å². The molecule has 1 aromatic carbocycles. The first-order valence-corrected chi connectivity index (χ1v) is 5.78. The van der Waals surface area contributed by atoms with E-state index >= 15 is 0 Å². The van der Waals surface area contributed by atoms with E-state index in [9.17, 15) is 5.11 Å². The Morgan fingerprint density at radius 1 is 1.06 bits per heavy atom. The first-order valence-electron chi connectivity index (χ1n) is 5.41. The van der Waals surface area contributed by atoms with Crippen LogP contribution in [0, 0.1) is 0 Å². The zero-order chi connectivity index (χ0) is 12.5. The van der Waals surface area contributed by atoms with Crippen LogP contribution in [0.25, 0.3) is 0 Å². The zero-order valence-corrected chi connectivity index (χ0v) is 10.6. The Kier molecular flexibility index (Phi) is 3.07. The predicted octanol–water partition coefficient (Wildman–Crippen LogP) is 3.77.